The number of benzene rings is 1. The number of ether oxygens (including phenoxy) is 1. The average Bonchev–Trinajstić information content (AvgIpc) is 2.68. The predicted octanol–water partition coefficient (Wildman–Crippen LogP) is 1.77. The summed E-state index contributed by atoms with van der Waals surface area (Å²) >= 11 is 0. The lowest BCUT2D eigenvalue weighted by Crippen LogP contribution is -2.28. The molecular weight excluding hydrogens is 418 g/mol. The smallest absolute Gasteiger partial charge is 0.261 e. The number of aliphatic hydroxyl groups excluding tert-OH is 2. The summed E-state index contributed by atoms with van der Waals surface area (Å²) in [6.45, 7) is 1.44. The van der Waals surface area contributed by atoms with Crippen molar-refractivity contribution in [2.24, 2.45) is 0 Å². The molecule has 30 heavy (non-hydrogen) atoms. The van der Waals surface area contributed by atoms with E-state index in [-0.39, 0.29) is 32.2 Å². The average molecular weight is 454 g/mol. The molecule has 0 saturated carbocycles. The molecule has 0 aliphatic rings. The lowest BCUT2D eigenvalue weighted by molar-refractivity contribution is -0.371. The number of aromatic hydroxyl groups is 1. The largest absolute Gasteiger partial charge is 0.504 e. The Morgan fingerprint density at radius 3 is 1.90 bits per heavy atom. The van der Waals surface area contributed by atoms with Gasteiger partial charge in [-0.3, -0.25) is 14.2 Å². The molecule has 0 atom stereocenters. The highest BCUT2D eigenvalue weighted by Gasteiger charge is 2.05. The molecule has 0 amide bonds. The first-order chi connectivity index (χ1) is 14.3. The summed E-state index contributed by atoms with van der Waals surface area (Å²) in [6, 6.07) is 6.99. The maximum absolute atomic E-state index is 9.59. The van der Waals surface area contributed by atoms with E-state index in [1.807, 2.05) is 6.07 Å². The van der Waals surface area contributed by atoms with E-state index in [4.69, 9.17) is 29.2 Å². The van der Waals surface area contributed by atoms with Crippen molar-refractivity contribution in [1.29, 1.82) is 0 Å². The quantitative estimate of drug-likeness (QED) is 0.166. The molecule has 0 radical (unpaired) electrons. The predicted molar refractivity (Wildman–Crippen MR) is 112 cm³/mol. The molecule has 0 aromatic heterocycles. The van der Waals surface area contributed by atoms with Gasteiger partial charge >= 0.3 is 0 Å². The molecule has 1 aromatic carbocycles. The Hall–Kier alpha value is -1.47. The fourth-order valence-corrected chi connectivity index (χ4v) is 2.26. The first-order valence-corrected chi connectivity index (χ1v) is 11.7. The van der Waals surface area contributed by atoms with Crippen molar-refractivity contribution in [2.75, 3.05) is 45.8 Å². The summed E-state index contributed by atoms with van der Waals surface area (Å²) in [6.07, 6.45) is 6.97. The first-order valence-electron chi connectivity index (χ1n) is 9.86. The van der Waals surface area contributed by atoms with Crippen LogP contribution in [0.3, 0.4) is 0 Å². The Bertz CT molecular complexity index is 612. The van der Waals surface area contributed by atoms with E-state index in [1.54, 1.807) is 18.2 Å². The van der Waals surface area contributed by atoms with Crippen LogP contribution in [0, 0.1) is 0 Å². The van der Waals surface area contributed by atoms with Crippen molar-refractivity contribution in [2.45, 2.75) is 38.5 Å². The van der Waals surface area contributed by atoms with Crippen LogP contribution in [0.15, 0.2) is 24.3 Å². The van der Waals surface area contributed by atoms with Crippen LogP contribution in [-0.4, -0.2) is 79.4 Å². The number of unbranched alkanes of at least 4 members (excludes halogenated alkanes) is 5. The van der Waals surface area contributed by atoms with E-state index in [9.17, 15) is 13.5 Å². The number of phenolic OH excluding ortho intramolecular Hbond substituents is 1. The van der Waals surface area contributed by atoms with Gasteiger partial charge in [-0.1, -0.05) is 43.0 Å². The van der Waals surface area contributed by atoms with Gasteiger partial charge in [-0.05, 0) is 25.0 Å². The molecule has 0 unspecified atom stereocenters. The van der Waals surface area contributed by atoms with Crippen LogP contribution in [0.5, 0.6) is 11.5 Å². The molecule has 0 bridgehead atoms. The third-order valence-corrected chi connectivity index (χ3v) is 3.51. The summed E-state index contributed by atoms with van der Waals surface area (Å²) in [4.78, 5) is 10.4. The minimum atomic E-state index is -3.67. The van der Waals surface area contributed by atoms with E-state index < -0.39 is 10.1 Å². The Kier molecular flexibility index (Phi) is 17.4. The highest BCUT2D eigenvalue weighted by molar-refractivity contribution is 7.85. The van der Waals surface area contributed by atoms with Crippen molar-refractivity contribution in [3.05, 3.63) is 24.3 Å². The van der Waals surface area contributed by atoms with E-state index in [0.29, 0.717) is 25.2 Å². The van der Waals surface area contributed by atoms with Gasteiger partial charge in [0.1, 0.15) is 0 Å². The van der Waals surface area contributed by atoms with E-state index in [2.05, 4.69) is 0 Å². The molecule has 1 rings (SSSR count). The van der Waals surface area contributed by atoms with Crippen LogP contribution in [0.4, 0.5) is 0 Å². The lowest BCUT2D eigenvalue weighted by Gasteiger charge is -2.20. The summed E-state index contributed by atoms with van der Waals surface area (Å²) in [5.41, 5.74) is 0. The van der Waals surface area contributed by atoms with Crippen LogP contribution < -0.4 is 4.74 Å². The van der Waals surface area contributed by atoms with Gasteiger partial charge in [0.05, 0.1) is 45.8 Å². The number of para-hydroxylation sites is 2. The van der Waals surface area contributed by atoms with Crippen LogP contribution >= 0.6 is 0 Å². The van der Waals surface area contributed by atoms with Gasteiger partial charge in [-0.15, -0.1) is 0 Å². The van der Waals surface area contributed by atoms with Gasteiger partial charge in [0.15, 0.2) is 11.5 Å². The normalized spacial score (nSPS) is 11.2. The number of hydrogen-bond acceptors (Lipinski definition) is 9. The molecule has 176 valence electrons. The Labute approximate surface area is 178 Å². The summed E-state index contributed by atoms with van der Waals surface area (Å²) in [5.74, 6) is 0.715. The molecule has 4 N–H and O–H groups in total. The number of phenols is 1. The molecular formula is C19H35NO9S. The van der Waals surface area contributed by atoms with Crippen LogP contribution in [0.2, 0.25) is 0 Å². The third kappa shape index (κ3) is 19.8. The zero-order valence-corrected chi connectivity index (χ0v) is 18.3. The van der Waals surface area contributed by atoms with Gasteiger partial charge in [0.2, 0.25) is 0 Å². The van der Waals surface area contributed by atoms with Crippen molar-refractivity contribution in [3.63, 3.8) is 0 Å². The summed E-state index contributed by atoms with van der Waals surface area (Å²) in [7, 11) is -3.67. The molecule has 0 aliphatic carbocycles. The van der Waals surface area contributed by atoms with Crippen LogP contribution in [0.1, 0.15) is 38.5 Å². The molecule has 0 fully saturated rings. The molecule has 0 aliphatic heterocycles. The van der Waals surface area contributed by atoms with Gasteiger partial charge in [0, 0.05) is 0 Å². The standard InChI is InChI=1S/C18H31NO6.CH4O3S/c20-12-15-24-19(25-16-13-21)11-7-3-1-2-4-8-14-23-18-10-6-5-9-17(18)22;1-5(2,3)4/h5-6,9-10,20-22H,1-4,7-8,11-16H2;1H3,(H,2,3,4). The Morgan fingerprint density at radius 2 is 1.37 bits per heavy atom. The SMILES string of the molecule is CS(=O)(=O)O.OCCON(CCCCCCCCOc1ccccc1O)OCCO. The summed E-state index contributed by atoms with van der Waals surface area (Å²) in [5, 5.41) is 28.4. The molecule has 1 aromatic rings. The highest BCUT2D eigenvalue weighted by Crippen LogP contribution is 2.24. The monoisotopic (exact) mass is 453 g/mol. The molecule has 11 heteroatoms. The summed E-state index contributed by atoms with van der Waals surface area (Å²) < 4.78 is 31.4. The fraction of sp³-hybridized carbons (Fsp3) is 0.684. The van der Waals surface area contributed by atoms with Crippen molar-refractivity contribution in [3.8, 4) is 11.5 Å². The number of hydroxylamine groups is 2. The second-order valence-electron chi connectivity index (χ2n) is 6.34. The highest BCUT2D eigenvalue weighted by atomic mass is 32.2. The zero-order chi connectivity index (χ0) is 22.7. The molecule has 0 saturated heterocycles. The van der Waals surface area contributed by atoms with Gasteiger partial charge in [-0.25, -0.2) is 0 Å². The van der Waals surface area contributed by atoms with Gasteiger partial charge in [0.25, 0.3) is 10.1 Å². The second kappa shape index (κ2) is 18.3. The lowest BCUT2D eigenvalue weighted by atomic mass is 10.1. The number of aliphatic hydroxyl groups is 2. The van der Waals surface area contributed by atoms with Gasteiger partial charge < -0.3 is 20.1 Å². The number of rotatable bonds is 16. The van der Waals surface area contributed by atoms with E-state index in [0.717, 1.165) is 38.5 Å². The first kappa shape index (κ1) is 28.5. The van der Waals surface area contributed by atoms with Crippen molar-refractivity contribution >= 4 is 10.1 Å². The second-order valence-corrected chi connectivity index (χ2v) is 7.81. The maximum Gasteiger partial charge on any atom is 0.261 e. The Balaban J connectivity index is 0.00000150. The molecule has 0 heterocycles. The van der Waals surface area contributed by atoms with Crippen LogP contribution in [0.25, 0.3) is 0 Å². The van der Waals surface area contributed by atoms with Crippen molar-refractivity contribution < 1.29 is 42.7 Å². The fourth-order valence-electron chi connectivity index (χ4n) is 2.26. The van der Waals surface area contributed by atoms with E-state index in [1.165, 1.54) is 5.23 Å². The minimum Gasteiger partial charge on any atom is -0.504 e. The molecule has 0 spiro atoms. The molecule has 10 nitrogen and oxygen atoms in total. The number of nitrogens with zero attached hydrogens (tertiary/aromatic N) is 1. The Morgan fingerprint density at radius 1 is 0.867 bits per heavy atom. The third-order valence-electron chi connectivity index (χ3n) is 3.51. The van der Waals surface area contributed by atoms with Crippen molar-refractivity contribution in [1.82, 2.24) is 5.23 Å². The van der Waals surface area contributed by atoms with Crippen LogP contribution in [-0.2, 0) is 19.8 Å². The zero-order valence-electron chi connectivity index (χ0n) is 17.5. The number of hydrogen-bond donors (Lipinski definition) is 4. The minimum absolute atomic E-state index is 0.0676. The maximum atomic E-state index is 9.59. The topological polar surface area (TPSA) is 146 Å². The van der Waals surface area contributed by atoms with E-state index >= 15 is 0 Å². The van der Waals surface area contributed by atoms with Gasteiger partial charge in [-0.2, -0.15) is 8.42 Å².